The molecular weight excluding hydrogens is 436 g/mol. The zero-order valence-electron chi connectivity index (χ0n) is 22.7. The number of nitrogens with two attached hydrogens (primary N) is 1. The number of primary amides is 1. The summed E-state index contributed by atoms with van der Waals surface area (Å²) in [4.78, 5) is 11.1. The lowest BCUT2D eigenvalue weighted by Gasteiger charge is -2.12. The molecule has 0 fully saturated rings. The van der Waals surface area contributed by atoms with Gasteiger partial charge in [-0.15, -0.1) is 0 Å². The number of benzene rings is 1. The molecule has 0 aromatic heterocycles. The molecule has 35 heavy (non-hydrogen) atoms. The second-order valence-electron chi connectivity index (χ2n) is 9.72. The van der Waals surface area contributed by atoms with Gasteiger partial charge in [-0.05, 0) is 56.3 Å². The number of hydrogen-bond acceptors (Lipinski definition) is 4. The summed E-state index contributed by atoms with van der Waals surface area (Å²) in [6.45, 7) is 8.96. The Balaban J connectivity index is 1.92. The number of methoxy groups -OCH3 is 1. The normalized spacial score (nSPS) is 10.9. The Morgan fingerprint density at radius 3 is 2.06 bits per heavy atom. The maximum absolute atomic E-state index is 11.1. The molecule has 0 aliphatic carbocycles. The molecule has 0 unspecified atom stereocenters. The van der Waals surface area contributed by atoms with Crippen LogP contribution in [0.15, 0.2) is 30.4 Å². The first kappa shape index (κ1) is 31.0. The van der Waals surface area contributed by atoms with Crippen LogP contribution in [0.4, 0.5) is 0 Å². The van der Waals surface area contributed by atoms with Gasteiger partial charge in [-0.1, -0.05) is 89.4 Å². The van der Waals surface area contributed by atoms with E-state index in [4.69, 9.17) is 15.2 Å². The van der Waals surface area contributed by atoms with Gasteiger partial charge in [0.05, 0.1) is 13.5 Å². The van der Waals surface area contributed by atoms with E-state index in [2.05, 4.69) is 18.8 Å². The van der Waals surface area contributed by atoms with Crippen LogP contribution in [0.3, 0.4) is 0 Å². The number of nitrogens with one attached hydrogen (secondary N) is 1. The highest BCUT2D eigenvalue weighted by atomic mass is 16.5. The summed E-state index contributed by atoms with van der Waals surface area (Å²) in [5, 5.41) is 3.45. The molecule has 1 aromatic rings. The van der Waals surface area contributed by atoms with Crippen LogP contribution >= 0.6 is 0 Å². The van der Waals surface area contributed by atoms with Gasteiger partial charge in [0.25, 0.3) is 0 Å². The lowest BCUT2D eigenvalue weighted by Crippen LogP contribution is -2.22. The molecule has 0 aliphatic rings. The molecule has 5 heteroatoms. The quantitative estimate of drug-likeness (QED) is 0.120. The van der Waals surface area contributed by atoms with E-state index in [-0.39, 0.29) is 12.3 Å². The van der Waals surface area contributed by atoms with Gasteiger partial charge in [0.2, 0.25) is 5.91 Å². The first-order valence-corrected chi connectivity index (χ1v) is 14.0. The largest absolute Gasteiger partial charge is 0.493 e. The Labute approximate surface area is 215 Å². The molecule has 0 spiro atoms. The fraction of sp³-hybridized carbons (Fsp3) is 0.700. The zero-order valence-corrected chi connectivity index (χ0v) is 22.7. The standard InChI is InChI=1S/C30H52N2O3/c1-4-5-6-7-8-11-14-17-26(2)18-15-12-9-10-13-16-21-32-22-23-35-28-20-19-27(25-30(31)33)24-29(28)34-3/h19-20,24,32H,2,4-18,21-23,25H2,1,3H3,(H2,31,33). The number of carbonyl (C=O) groups excluding carboxylic acids is 1. The summed E-state index contributed by atoms with van der Waals surface area (Å²) >= 11 is 0. The molecule has 0 bridgehead atoms. The molecular formula is C30H52N2O3. The highest BCUT2D eigenvalue weighted by molar-refractivity contribution is 5.76. The molecule has 0 aliphatic heterocycles. The molecule has 200 valence electrons. The highest BCUT2D eigenvalue weighted by Gasteiger charge is 2.07. The lowest BCUT2D eigenvalue weighted by atomic mass is 10.0. The van der Waals surface area contributed by atoms with Gasteiger partial charge in [-0.25, -0.2) is 0 Å². The van der Waals surface area contributed by atoms with Crippen molar-refractivity contribution in [2.45, 2.75) is 110 Å². The predicted molar refractivity (Wildman–Crippen MR) is 148 cm³/mol. The second kappa shape index (κ2) is 21.3. The van der Waals surface area contributed by atoms with Crippen molar-refractivity contribution in [3.8, 4) is 11.5 Å². The van der Waals surface area contributed by atoms with Crippen LogP contribution in [0.5, 0.6) is 11.5 Å². The first-order chi connectivity index (χ1) is 17.1. The van der Waals surface area contributed by atoms with E-state index in [1.54, 1.807) is 13.2 Å². The summed E-state index contributed by atoms with van der Waals surface area (Å²) in [5.41, 5.74) is 7.54. The van der Waals surface area contributed by atoms with Crippen molar-refractivity contribution >= 4 is 5.91 Å². The van der Waals surface area contributed by atoms with Crippen LogP contribution < -0.4 is 20.5 Å². The number of hydrogen-bond donors (Lipinski definition) is 2. The van der Waals surface area contributed by atoms with Gasteiger partial charge in [0, 0.05) is 6.54 Å². The summed E-state index contributed by atoms with van der Waals surface area (Å²) < 4.78 is 11.2. The van der Waals surface area contributed by atoms with Crippen LogP contribution in [-0.4, -0.2) is 32.7 Å². The van der Waals surface area contributed by atoms with Crippen LogP contribution in [0.25, 0.3) is 0 Å². The Bertz CT molecular complexity index is 690. The minimum absolute atomic E-state index is 0.201. The second-order valence-corrected chi connectivity index (χ2v) is 9.72. The summed E-state index contributed by atoms with van der Waals surface area (Å²) in [7, 11) is 1.60. The number of rotatable bonds is 24. The van der Waals surface area contributed by atoms with E-state index in [0.29, 0.717) is 18.1 Å². The number of carbonyl (C=O) groups is 1. The van der Waals surface area contributed by atoms with Crippen LogP contribution in [0, 0.1) is 0 Å². The van der Waals surface area contributed by atoms with Crippen molar-refractivity contribution in [3.63, 3.8) is 0 Å². The van der Waals surface area contributed by atoms with Gasteiger partial charge < -0.3 is 20.5 Å². The third kappa shape index (κ3) is 17.1. The third-order valence-electron chi connectivity index (χ3n) is 6.41. The Morgan fingerprint density at radius 2 is 1.46 bits per heavy atom. The van der Waals surface area contributed by atoms with Crippen molar-refractivity contribution in [1.29, 1.82) is 0 Å². The molecule has 0 heterocycles. The fourth-order valence-electron chi connectivity index (χ4n) is 4.29. The molecule has 1 rings (SSSR count). The van der Waals surface area contributed by atoms with Crippen LogP contribution in [0.1, 0.15) is 109 Å². The van der Waals surface area contributed by atoms with Gasteiger partial charge in [0.1, 0.15) is 6.61 Å². The number of ether oxygens (including phenoxy) is 2. The van der Waals surface area contributed by atoms with Gasteiger partial charge in [-0.2, -0.15) is 0 Å². The molecule has 0 saturated carbocycles. The molecule has 0 saturated heterocycles. The maximum Gasteiger partial charge on any atom is 0.221 e. The van der Waals surface area contributed by atoms with E-state index in [1.165, 1.54) is 102 Å². The van der Waals surface area contributed by atoms with Crippen molar-refractivity contribution in [2.75, 3.05) is 26.8 Å². The number of amides is 1. The molecule has 0 atom stereocenters. The average Bonchev–Trinajstić information content (AvgIpc) is 2.84. The topological polar surface area (TPSA) is 73.6 Å². The van der Waals surface area contributed by atoms with Crippen molar-refractivity contribution in [2.24, 2.45) is 5.73 Å². The summed E-state index contributed by atoms with van der Waals surface area (Å²) in [5.74, 6) is 0.961. The SMILES string of the molecule is C=C(CCCCCCCCC)CCCCCCCCNCCOc1ccc(CC(N)=O)cc1OC. The van der Waals surface area contributed by atoms with Crippen LogP contribution in [-0.2, 0) is 11.2 Å². The van der Waals surface area contributed by atoms with Gasteiger partial charge >= 0.3 is 0 Å². The Kier molecular flexibility index (Phi) is 18.9. The summed E-state index contributed by atoms with van der Waals surface area (Å²) in [6.07, 6.45) is 20.1. The first-order valence-electron chi connectivity index (χ1n) is 14.0. The molecule has 5 nitrogen and oxygen atoms in total. The van der Waals surface area contributed by atoms with Crippen LogP contribution in [0.2, 0.25) is 0 Å². The number of unbranched alkanes of at least 4 members (excludes halogenated alkanes) is 11. The smallest absolute Gasteiger partial charge is 0.221 e. The lowest BCUT2D eigenvalue weighted by molar-refractivity contribution is -0.117. The van der Waals surface area contributed by atoms with Gasteiger partial charge in [0.15, 0.2) is 11.5 Å². The van der Waals surface area contributed by atoms with E-state index < -0.39 is 0 Å². The van der Waals surface area contributed by atoms with E-state index >= 15 is 0 Å². The maximum atomic E-state index is 11.1. The zero-order chi connectivity index (χ0) is 25.6. The number of allylic oxidation sites excluding steroid dienone is 1. The van der Waals surface area contributed by atoms with Crippen molar-refractivity contribution in [1.82, 2.24) is 5.32 Å². The molecule has 3 N–H and O–H groups in total. The Morgan fingerprint density at radius 1 is 0.857 bits per heavy atom. The third-order valence-corrected chi connectivity index (χ3v) is 6.41. The predicted octanol–water partition coefficient (Wildman–Crippen LogP) is 7.12. The van der Waals surface area contributed by atoms with E-state index in [9.17, 15) is 4.79 Å². The van der Waals surface area contributed by atoms with Crippen molar-refractivity contribution in [3.05, 3.63) is 35.9 Å². The highest BCUT2D eigenvalue weighted by Crippen LogP contribution is 2.28. The monoisotopic (exact) mass is 488 g/mol. The minimum atomic E-state index is -0.357. The Hall–Kier alpha value is -2.01. The van der Waals surface area contributed by atoms with E-state index in [0.717, 1.165) is 18.7 Å². The molecule has 0 radical (unpaired) electrons. The molecule has 1 aromatic carbocycles. The molecule has 1 amide bonds. The van der Waals surface area contributed by atoms with Crippen molar-refractivity contribution < 1.29 is 14.3 Å². The fourth-order valence-corrected chi connectivity index (χ4v) is 4.29. The van der Waals surface area contributed by atoms with Gasteiger partial charge in [-0.3, -0.25) is 4.79 Å². The van der Waals surface area contributed by atoms with E-state index in [1.807, 2.05) is 12.1 Å². The minimum Gasteiger partial charge on any atom is -0.493 e. The average molecular weight is 489 g/mol. The summed E-state index contributed by atoms with van der Waals surface area (Å²) in [6, 6.07) is 5.49.